The topological polar surface area (TPSA) is 91.4 Å². The van der Waals surface area contributed by atoms with Crippen molar-refractivity contribution >= 4 is 27.7 Å². The minimum Gasteiger partial charge on any atom is -0.423 e. The van der Waals surface area contributed by atoms with Crippen LogP contribution in [0.1, 0.15) is 10.5 Å². The number of hydrogen-bond acceptors (Lipinski definition) is 6. The highest BCUT2D eigenvalue weighted by molar-refractivity contribution is 6.03. The standard InChI is InChI=1S/C19H12N2O5/c1-21-18(23)14-5-3-2-4-13(14)17(20-21)19(24)25-12-8-6-11-7-9-16(22)26-15(11)10-12/h2-10H,1H3. The van der Waals surface area contributed by atoms with Gasteiger partial charge in [0.1, 0.15) is 11.3 Å². The van der Waals surface area contributed by atoms with E-state index in [2.05, 4.69) is 5.10 Å². The Balaban J connectivity index is 1.77. The van der Waals surface area contributed by atoms with Crippen LogP contribution in [0.5, 0.6) is 5.75 Å². The number of aryl methyl sites for hydroxylation is 1. The monoisotopic (exact) mass is 348 g/mol. The van der Waals surface area contributed by atoms with Gasteiger partial charge in [0, 0.05) is 30.0 Å². The molecule has 7 heteroatoms. The van der Waals surface area contributed by atoms with E-state index in [-0.39, 0.29) is 17.0 Å². The number of aromatic nitrogens is 2. The third kappa shape index (κ3) is 2.65. The number of ether oxygens (including phenoxy) is 1. The van der Waals surface area contributed by atoms with Crippen LogP contribution in [0.4, 0.5) is 0 Å². The Kier molecular flexibility index (Phi) is 3.62. The molecular weight excluding hydrogens is 336 g/mol. The average molecular weight is 348 g/mol. The molecule has 0 amide bonds. The van der Waals surface area contributed by atoms with Gasteiger partial charge in [-0.25, -0.2) is 14.3 Å². The fraction of sp³-hybridized carbons (Fsp3) is 0.0526. The van der Waals surface area contributed by atoms with Crippen molar-refractivity contribution < 1.29 is 13.9 Å². The number of rotatable bonds is 2. The molecule has 0 unspecified atom stereocenters. The molecule has 0 aliphatic carbocycles. The molecule has 2 aromatic heterocycles. The number of hydrogen-bond donors (Lipinski definition) is 0. The van der Waals surface area contributed by atoms with E-state index >= 15 is 0 Å². The van der Waals surface area contributed by atoms with Crippen LogP contribution in [0, 0.1) is 0 Å². The number of nitrogens with zero attached hydrogens (tertiary/aromatic N) is 2. The van der Waals surface area contributed by atoms with Gasteiger partial charge in [-0.3, -0.25) is 4.79 Å². The van der Waals surface area contributed by atoms with Gasteiger partial charge in [-0.05, 0) is 24.3 Å². The molecule has 0 aliphatic heterocycles. The summed E-state index contributed by atoms with van der Waals surface area (Å²) in [6, 6.07) is 14.3. The molecule has 0 spiro atoms. The fourth-order valence-electron chi connectivity index (χ4n) is 2.71. The van der Waals surface area contributed by atoms with Crippen molar-refractivity contribution in [2.45, 2.75) is 0 Å². The maximum absolute atomic E-state index is 12.6. The Labute approximate surface area is 146 Å². The maximum atomic E-state index is 12.6. The molecular formula is C19H12N2O5. The lowest BCUT2D eigenvalue weighted by Gasteiger charge is -2.08. The summed E-state index contributed by atoms with van der Waals surface area (Å²) in [5.74, 6) is -0.508. The van der Waals surface area contributed by atoms with Crippen LogP contribution < -0.4 is 15.9 Å². The predicted molar refractivity (Wildman–Crippen MR) is 94.4 cm³/mol. The summed E-state index contributed by atoms with van der Waals surface area (Å²) in [4.78, 5) is 36.1. The van der Waals surface area contributed by atoms with Crippen molar-refractivity contribution in [1.82, 2.24) is 9.78 Å². The van der Waals surface area contributed by atoms with E-state index in [1.54, 1.807) is 42.5 Å². The molecule has 4 rings (SSSR count). The van der Waals surface area contributed by atoms with Crippen LogP contribution in [0.2, 0.25) is 0 Å². The first-order valence-electron chi connectivity index (χ1n) is 7.75. The summed E-state index contributed by atoms with van der Waals surface area (Å²) < 4.78 is 11.6. The number of fused-ring (bicyclic) bond motifs is 2. The largest absolute Gasteiger partial charge is 0.423 e. The lowest BCUT2D eigenvalue weighted by atomic mass is 10.1. The van der Waals surface area contributed by atoms with Gasteiger partial charge < -0.3 is 9.15 Å². The van der Waals surface area contributed by atoms with E-state index < -0.39 is 11.6 Å². The minimum absolute atomic E-state index is 0.0253. The third-order valence-corrected chi connectivity index (χ3v) is 3.95. The van der Waals surface area contributed by atoms with Crippen molar-refractivity contribution in [3.8, 4) is 5.75 Å². The van der Waals surface area contributed by atoms with Crippen LogP contribution >= 0.6 is 0 Å². The van der Waals surface area contributed by atoms with Crippen LogP contribution in [-0.2, 0) is 7.05 Å². The molecule has 7 nitrogen and oxygen atoms in total. The van der Waals surface area contributed by atoms with Gasteiger partial charge in [0.05, 0.1) is 5.39 Å². The zero-order chi connectivity index (χ0) is 18.3. The molecule has 2 heterocycles. The lowest BCUT2D eigenvalue weighted by Crippen LogP contribution is -2.24. The quantitative estimate of drug-likeness (QED) is 0.313. The summed E-state index contributed by atoms with van der Waals surface area (Å²) in [6.07, 6.45) is 0. The second-order valence-corrected chi connectivity index (χ2v) is 5.67. The van der Waals surface area contributed by atoms with Gasteiger partial charge in [-0.2, -0.15) is 5.10 Å². The Hall–Kier alpha value is -3.74. The lowest BCUT2D eigenvalue weighted by molar-refractivity contribution is 0.0728. The Bertz CT molecular complexity index is 1290. The highest BCUT2D eigenvalue weighted by atomic mass is 16.5. The van der Waals surface area contributed by atoms with Crippen LogP contribution in [0.15, 0.2) is 68.6 Å². The molecule has 0 saturated heterocycles. The second-order valence-electron chi connectivity index (χ2n) is 5.67. The van der Waals surface area contributed by atoms with Gasteiger partial charge >= 0.3 is 11.6 Å². The van der Waals surface area contributed by atoms with Crippen LogP contribution in [-0.4, -0.2) is 15.7 Å². The Morgan fingerprint density at radius 3 is 2.58 bits per heavy atom. The molecule has 0 aliphatic rings. The first kappa shape index (κ1) is 15.8. The molecule has 0 saturated carbocycles. The van der Waals surface area contributed by atoms with Crippen LogP contribution in [0.25, 0.3) is 21.7 Å². The molecule has 4 aromatic rings. The number of esters is 1. The summed E-state index contributed by atoms with van der Waals surface area (Å²) in [7, 11) is 1.47. The molecule has 0 atom stereocenters. The smallest absolute Gasteiger partial charge is 0.364 e. The molecule has 0 bridgehead atoms. The van der Waals surface area contributed by atoms with E-state index in [0.717, 1.165) is 4.68 Å². The number of carbonyl (C=O) groups excluding carboxylic acids is 1. The predicted octanol–water partition coefficient (Wildman–Crippen LogP) is 2.26. The molecule has 2 aromatic carbocycles. The summed E-state index contributed by atoms with van der Waals surface area (Å²) >= 11 is 0. The number of carbonyl (C=O) groups is 1. The zero-order valence-electron chi connectivity index (χ0n) is 13.6. The molecule has 128 valence electrons. The minimum atomic E-state index is -0.713. The van der Waals surface area contributed by atoms with Gasteiger partial charge in [-0.1, -0.05) is 18.2 Å². The Morgan fingerprint density at radius 2 is 1.77 bits per heavy atom. The van der Waals surface area contributed by atoms with Crippen molar-refractivity contribution in [3.05, 3.63) is 81.1 Å². The van der Waals surface area contributed by atoms with Crippen molar-refractivity contribution in [2.75, 3.05) is 0 Å². The van der Waals surface area contributed by atoms with Crippen molar-refractivity contribution in [2.24, 2.45) is 7.05 Å². The van der Waals surface area contributed by atoms with E-state index in [0.29, 0.717) is 21.7 Å². The fourth-order valence-corrected chi connectivity index (χ4v) is 2.71. The highest BCUT2D eigenvalue weighted by Gasteiger charge is 2.18. The van der Waals surface area contributed by atoms with Crippen LogP contribution in [0.3, 0.4) is 0 Å². The normalized spacial score (nSPS) is 11.0. The van der Waals surface area contributed by atoms with Crippen molar-refractivity contribution in [1.29, 1.82) is 0 Å². The Morgan fingerprint density at radius 1 is 1.04 bits per heavy atom. The maximum Gasteiger partial charge on any atom is 0.364 e. The average Bonchev–Trinajstić information content (AvgIpc) is 2.64. The highest BCUT2D eigenvalue weighted by Crippen LogP contribution is 2.21. The molecule has 0 fully saturated rings. The third-order valence-electron chi connectivity index (χ3n) is 3.95. The first-order valence-corrected chi connectivity index (χ1v) is 7.75. The summed E-state index contributed by atoms with van der Waals surface area (Å²) in [5, 5.41) is 5.52. The van der Waals surface area contributed by atoms with E-state index in [9.17, 15) is 14.4 Å². The zero-order valence-corrected chi connectivity index (χ0v) is 13.6. The first-order chi connectivity index (χ1) is 12.5. The summed E-state index contributed by atoms with van der Waals surface area (Å²) in [5.41, 5.74) is -0.463. The molecule has 0 radical (unpaired) electrons. The van der Waals surface area contributed by atoms with Gasteiger partial charge in [-0.15, -0.1) is 0 Å². The number of benzene rings is 2. The van der Waals surface area contributed by atoms with E-state index in [1.165, 1.54) is 19.2 Å². The van der Waals surface area contributed by atoms with Gasteiger partial charge in [0.25, 0.3) is 5.56 Å². The van der Waals surface area contributed by atoms with E-state index in [4.69, 9.17) is 9.15 Å². The van der Waals surface area contributed by atoms with E-state index in [1.807, 2.05) is 0 Å². The summed E-state index contributed by atoms with van der Waals surface area (Å²) in [6.45, 7) is 0. The SMILES string of the molecule is Cn1nc(C(=O)Oc2ccc3ccc(=O)oc3c2)c2ccccc2c1=O. The van der Waals surface area contributed by atoms with Crippen molar-refractivity contribution in [3.63, 3.8) is 0 Å². The molecule has 26 heavy (non-hydrogen) atoms. The van der Waals surface area contributed by atoms with Gasteiger partial charge in [0.2, 0.25) is 0 Å². The molecule has 0 N–H and O–H groups in total. The van der Waals surface area contributed by atoms with Gasteiger partial charge in [0.15, 0.2) is 5.69 Å². The second kappa shape index (κ2) is 5.96.